The third-order valence-electron chi connectivity index (χ3n) is 10.1. The maximum Gasteiger partial charge on any atom is 0.0467 e. The van der Waals surface area contributed by atoms with Crippen molar-refractivity contribution in [2.45, 2.75) is 25.7 Å². The lowest BCUT2D eigenvalue weighted by atomic mass is 9.91. The summed E-state index contributed by atoms with van der Waals surface area (Å²) >= 11 is 0. The molecule has 7 aromatic rings. The number of fused-ring (bicyclic) bond motifs is 1. The Labute approximate surface area is 314 Å². The van der Waals surface area contributed by atoms with Gasteiger partial charge in [0.2, 0.25) is 0 Å². The van der Waals surface area contributed by atoms with Gasteiger partial charge in [0.1, 0.15) is 0 Å². The van der Waals surface area contributed by atoms with Gasteiger partial charge >= 0.3 is 0 Å². The van der Waals surface area contributed by atoms with Gasteiger partial charge in [0, 0.05) is 17.1 Å². The molecule has 7 aromatic carbocycles. The topological polar surface area (TPSA) is 3.24 Å². The fourth-order valence-corrected chi connectivity index (χ4v) is 7.38. The van der Waals surface area contributed by atoms with Crippen LogP contribution in [0.3, 0.4) is 0 Å². The van der Waals surface area contributed by atoms with Crippen molar-refractivity contribution in [2.24, 2.45) is 0 Å². The minimum Gasteiger partial charge on any atom is -0.310 e. The summed E-state index contributed by atoms with van der Waals surface area (Å²) in [7, 11) is 0. The molecule has 53 heavy (non-hydrogen) atoms. The van der Waals surface area contributed by atoms with Crippen molar-refractivity contribution >= 4 is 40.4 Å². The van der Waals surface area contributed by atoms with Crippen LogP contribution in [0.2, 0.25) is 0 Å². The molecule has 1 aliphatic carbocycles. The van der Waals surface area contributed by atoms with Crippen LogP contribution < -0.4 is 4.90 Å². The number of hydrogen-bond donors (Lipinski definition) is 0. The molecule has 0 spiro atoms. The first-order chi connectivity index (χ1) is 26.3. The maximum atomic E-state index is 2.42. The van der Waals surface area contributed by atoms with E-state index in [4.69, 9.17) is 0 Å². The van der Waals surface area contributed by atoms with E-state index in [2.05, 4.69) is 217 Å². The minimum atomic E-state index is 1.13. The zero-order chi connectivity index (χ0) is 35.7. The number of aryl methyl sites for hydroxylation is 2. The molecule has 1 aliphatic rings. The van der Waals surface area contributed by atoms with Crippen LogP contribution in [-0.4, -0.2) is 0 Å². The van der Waals surface area contributed by atoms with E-state index in [1.165, 1.54) is 69.5 Å². The first kappa shape index (κ1) is 33.7. The van der Waals surface area contributed by atoms with Crippen LogP contribution in [0.25, 0.3) is 23.3 Å². The molecule has 0 amide bonds. The van der Waals surface area contributed by atoms with Crippen LogP contribution in [0.5, 0.6) is 0 Å². The molecule has 0 atom stereocenters. The van der Waals surface area contributed by atoms with Crippen molar-refractivity contribution in [1.29, 1.82) is 0 Å². The molecule has 0 saturated heterocycles. The monoisotopic (exact) mass is 681 g/mol. The van der Waals surface area contributed by atoms with Crippen LogP contribution in [0.4, 0.5) is 17.1 Å². The second-order valence-corrected chi connectivity index (χ2v) is 13.6. The summed E-state index contributed by atoms with van der Waals surface area (Å²) in [4.78, 5) is 2.41. The van der Waals surface area contributed by atoms with Crippen molar-refractivity contribution in [3.8, 4) is 0 Å². The number of hydrogen-bond acceptors (Lipinski definition) is 1. The summed E-state index contributed by atoms with van der Waals surface area (Å²) in [6.07, 6.45) is 13.8. The SMILES string of the molecule is C(/C=C/c1cccc(N(c2ccc(C=C(c3ccccc3)c3ccccc3)cc2)c2ccc3c(c2)CCCC3)c1)=C(c1ccccc1)c1ccccc1. The lowest BCUT2D eigenvalue weighted by molar-refractivity contribution is 0.685. The zero-order valence-electron chi connectivity index (χ0n) is 30.0. The van der Waals surface area contributed by atoms with Crippen LogP contribution in [0.15, 0.2) is 200 Å². The van der Waals surface area contributed by atoms with Gasteiger partial charge in [0.15, 0.2) is 0 Å². The lowest BCUT2D eigenvalue weighted by Crippen LogP contribution is -2.12. The maximum absolute atomic E-state index is 2.42. The largest absolute Gasteiger partial charge is 0.310 e. The fourth-order valence-electron chi connectivity index (χ4n) is 7.38. The van der Waals surface area contributed by atoms with E-state index in [1.807, 2.05) is 0 Å². The highest BCUT2D eigenvalue weighted by atomic mass is 15.1. The quantitative estimate of drug-likeness (QED) is 0.103. The molecule has 0 fully saturated rings. The van der Waals surface area contributed by atoms with E-state index in [0.717, 1.165) is 28.9 Å². The fraction of sp³-hybridized carbons (Fsp3) is 0.0769. The summed E-state index contributed by atoms with van der Waals surface area (Å²) in [6.45, 7) is 0. The van der Waals surface area contributed by atoms with Gasteiger partial charge in [-0.15, -0.1) is 0 Å². The van der Waals surface area contributed by atoms with Crippen molar-refractivity contribution < 1.29 is 0 Å². The van der Waals surface area contributed by atoms with E-state index < -0.39 is 0 Å². The Morgan fingerprint density at radius 2 is 0.906 bits per heavy atom. The third-order valence-corrected chi connectivity index (χ3v) is 10.1. The highest BCUT2D eigenvalue weighted by Gasteiger charge is 2.17. The Kier molecular flexibility index (Phi) is 10.3. The highest BCUT2D eigenvalue weighted by molar-refractivity contribution is 5.92. The number of anilines is 3. The normalized spacial score (nSPS) is 12.2. The average Bonchev–Trinajstić information content (AvgIpc) is 3.23. The first-order valence-corrected chi connectivity index (χ1v) is 18.7. The summed E-state index contributed by atoms with van der Waals surface area (Å²) in [5.74, 6) is 0. The average molecular weight is 682 g/mol. The van der Waals surface area contributed by atoms with Crippen molar-refractivity contribution in [2.75, 3.05) is 4.90 Å². The van der Waals surface area contributed by atoms with Crippen LogP contribution >= 0.6 is 0 Å². The van der Waals surface area contributed by atoms with E-state index in [0.29, 0.717) is 0 Å². The van der Waals surface area contributed by atoms with Gasteiger partial charge in [0.05, 0.1) is 0 Å². The van der Waals surface area contributed by atoms with E-state index >= 15 is 0 Å². The molecule has 1 heteroatoms. The Bertz CT molecular complexity index is 2270. The number of rotatable bonds is 10. The Morgan fingerprint density at radius 1 is 0.396 bits per heavy atom. The van der Waals surface area contributed by atoms with E-state index in [9.17, 15) is 0 Å². The van der Waals surface area contributed by atoms with Gasteiger partial charge in [-0.2, -0.15) is 0 Å². The molecular formula is C52H43N. The first-order valence-electron chi connectivity index (χ1n) is 18.7. The number of allylic oxidation sites excluding steroid dienone is 2. The molecule has 0 saturated carbocycles. The van der Waals surface area contributed by atoms with Crippen LogP contribution in [0, 0.1) is 0 Å². The van der Waals surface area contributed by atoms with Gasteiger partial charge in [-0.25, -0.2) is 0 Å². The van der Waals surface area contributed by atoms with E-state index in [1.54, 1.807) is 0 Å². The molecule has 8 rings (SSSR count). The smallest absolute Gasteiger partial charge is 0.0467 e. The molecule has 256 valence electrons. The van der Waals surface area contributed by atoms with Crippen LogP contribution in [-0.2, 0) is 12.8 Å². The zero-order valence-corrected chi connectivity index (χ0v) is 30.0. The minimum absolute atomic E-state index is 1.13. The summed E-state index contributed by atoms with van der Waals surface area (Å²) in [5, 5.41) is 0. The molecule has 0 heterocycles. The molecule has 0 radical (unpaired) electrons. The molecule has 0 unspecified atom stereocenters. The number of nitrogens with zero attached hydrogens (tertiary/aromatic N) is 1. The number of benzene rings is 7. The standard InChI is InChI=1S/C52H43N/c1-5-20-43(21-6-1)51(44-22-7-2-8-23-44)30-16-18-40-17-15-29-49(37-40)53(50-36-33-42-19-13-14-28-47(42)39-50)48-34-31-41(32-35-48)38-52(45-24-9-3-10-25-45)46-26-11-4-12-27-46/h1-12,15-18,20-27,29-39H,13-14,19,28H2/b18-16+. The Balaban J connectivity index is 1.16. The second kappa shape index (κ2) is 16.3. The van der Waals surface area contributed by atoms with Crippen molar-refractivity contribution in [3.63, 3.8) is 0 Å². The summed E-state index contributed by atoms with van der Waals surface area (Å²) in [5.41, 5.74) is 16.0. The van der Waals surface area contributed by atoms with E-state index in [-0.39, 0.29) is 0 Å². The van der Waals surface area contributed by atoms with Gasteiger partial charge in [0.25, 0.3) is 0 Å². The summed E-state index contributed by atoms with van der Waals surface area (Å²) in [6, 6.07) is 67.5. The van der Waals surface area contributed by atoms with Gasteiger partial charge < -0.3 is 4.90 Å². The molecule has 0 aromatic heterocycles. The molecule has 0 aliphatic heterocycles. The van der Waals surface area contributed by atoms with Crippen molar-refractivity contribution in [3.05, 3.63) is 245 Å². The molecule has 0 N–H and O–H groups in total. The van der Waals surface area contributed by atoms with Crippen LogP contribution in [0.1, 0.15) is 57.3 Å². The summed E-state index contributed by atoms with van der Waals surface area (Å²) < 4.78 is 0. The Morgan fingerprint density at radius 3 is 1.49 bits per heavy atom. The van der Waals surface area contributed by atoms with Crippen molar-refractivity contribution in [1.82, 2.24) is 0 Å². The highest BCUT2D eigenvalue weighted by Crippen LogP contribution is 2.38. The lowest BCUT2D eigenvalue weighted by Gasteiger charge is -2.28. The third kappa shape index (κ3) is 8.06. The predicted molar refractivity (Wildman–Crippen MR) is 227 cm³/mol. The van der Waals surface area contributed by atoms with Gasteiger partial charge in [-0.05, 0) is 124 Å². The van der Waals surface area contributed by atoms with Gasteiger partial charge in [-0.1, -0.05) is 170 Å². The molecular weight excluding hydrogens is 639 g/mol. The predicted octanol–water partition coefficient (Wildman–Crippen LogP) is 13.8. The van der Waals surface area contributed by atoms with Gasteiger partial charge in [-0.3, -0.25) is 0 Å². The molecule has 1 nitrogen and oxygen atoms in total. The Hall–Kier alpha value is -6.44. The molecule has 0 bridgehead atoms. The second-order valence-electron chi connectivity index (χ2n) is 13.6.